The fraction of sp³-hybridized carbons (Fsp3) is 0.707. The van der Waals surface area contributed by atoms with E-state index in [1.807, 2.05) is 55.4 Å². The van der Waals surface area contributed by atoms with Crippen LogP contribution >= 0.6 is 0 Å². The normalized spacial score (nSPS) is 25.2. The lowest BCUT2D eigenvalue weighted by molar-refractivity contribution is -0.157. The summed E-state index contributed by atoms with van der Waals surface area (Å²) >= 11 is 0. The number of nitrogens with one attached hydrogen (secondary N) is 6. The van der Waals surface area contributed by atoms with Gasteiger partial charge < -0.3 is 87.3 Å². The molecule has 2 aromatic rings. The van der Waals surface area contributed by atoms with Crippen LogP contribution in [0.1, 0.15) is 172 Å². The van der Waals surface area contributed by atoms with Gasteiger partial charge in [-0.25, -0.2) is 4.98 Å². The molecule has 0 bridgehead atoms. The molecule has 2 aliphatic rings. The molecule has 33 nitrogen and oxygen atoms in total. The molecule has 2 saturated heterocycles. The van der Waals surface area contributed by atoms with Gasteiger partial charge in [0, 0.05) is 67.9 Å². The van der Waals surface area contributed by atoms with E-state index in [2.05, 4.69) is 31.6 Å². The molecule has 0 aliphatic carbocycles. The summed E-state index contributed by atoms with van der Waals surface area (Å²) in [5.74, 6) is -14.1. The predicted molar refractivity (Wildman–Crippen MR) is 403 cm³/mol. The zero-order valence-electron chi connectivity index (χ0n) is 67.6. The van der Waals surface area contributed by atoms with Gasteiger partial charge in [-0.1, -0.05) is 90.0 Å². The van der Waals surface area contributed by atoms with Gasteiger partial charge in [0.2, 0.25) is 82.7 Å². The molecule has 604 valence electrons. The number of amides is 15. The second kappa shape index (κ2) is 39.7. The van der Waals surface area contributed by atoms with Crippen molar-refractivity contribution in [2.45, 2.75) is 241 Å². The summed E-state index contributed by atoms with van der Waals surface area (Å²) in [4.78, 5) is 231. The van der Waals surface area contributed by atoms with Crippen LogP contribution in [0.3, 0.4) is 0 Å². The third-order valence-electron chi connectivity index (χ3n) is 20.2. The zero-order chi connectivity index (χ0) is 82.3. The fourth-order valence-electron chi connectivity index (χ4n) is 13.9. The molecule has 1 aromatic carbocycles. The molecular formula is C75H123N17O16. The van der Waals surface area contributed by atoms with Crippen LogP contribution < -0.4 is 38.1 Å². The van der Waals surface area contributed by atoms with Crippen LogP contribution in [0, 0.1) is 41.4 Å². The smallest absolute Gasteiger partial charge is 0.254 e. The van der Waals surface area contributed by atoms with Crippen LogP contribution in [0.2, 0.25) is 0 Å². The van der Waals surface area contributed by atoms with Gasteiger partial charge in [0.1, 0.15) is 78.3 Å². The van der Waals surface area contributed by atoms with E-state index in [1.165, 1.54) is 107 Å². The number of carbonyl (C=O) groups is 15. The van der Waals surface area contributed by atoms with Crippen molar-refractivity contribution in [3.63, 3.8) is 0 Å². The number of H-pyrrole nitrogens is 1. The van der Waals surface area contributed by atoms with E-state index < -0.39 is 198 Å². The van der Waals surface area contributed by atoms with Gasteiger partial charge in [0.05, 0.1) is 30.1 Å². The number of aromatic amines is 1. The quantitative estimate of drug-likeness (QED) is 0.0871. The number of benzene rings is 1. The van der Waals surface area contributed by atoms with Gasteiger partial charge in [0.25, 0.3) is 5.91 Å². The van der Waals surface area contributed by atoms with Gasteiger partial charge in [-0.05, 0) is 119 Å². The van der Waals surface area contributed by atoms with Crippen molar-refractivity contribution in [2.24, 2.45) is 52.9 Å². The number of rotatable bonds is 20. The number of aliphatic hydroxyl groups is 1. The number of imidazole rings is 1. The van der Waals surface area contributed by atoms with E-state index >= 15 is 19.2 Å². The Morgan fingerprint density at radius 3 is 1.54 bits per heavy atom. The topological polar surface area (TPSA) is 443 Å². The largest absolute Gasteiger partial charge is 0.390 e. The first-order valence-corrected chi connectivity index (χ1v) is 37.5. The molecule has 0 radical (unpaired) electrons. The molecule has 1 aromatic heterocycles. The minimum Gasteiger partial charge on any atom is -0.390 e. The summed E-state index contributed by atoms with van der Waals surface area (Å²) in [5, 5.41) is 26.0. The van der Waals surface area contributed by atoms with Crippen molar-refractivity contribution in [2.75, 3.05) is 62.4 Å². The minimum absolute atomic E-state index is 0.0671. The van der Waals surface area contributed by atoms with Crippen LogP contribution in [-0.4, -0.2) is 284 Å². The Balaban J connectivity index is 1.88. The van der Waals surface area contributed by atoms with Crippen LogP contribution in [0.4, 0.5) is 0 Å². The maximum Gasteiger partial charge on any atom is 0.254 e. The Morgan fingerprint density at radius 2 is 1.02 bits per heavy atom. The first-order valence-electron chi connectivity index (χ1n) is 37.5. The molecule has 0 saturated carbocycles. The van der Waals surface area contributed by atoms with Crippen molar-refractivity contribution >= 4 is 99.6 Å². The number of nitrogens with zero attached hydrogens (tertiary/aromatic N) is 9. The monoisotopic (exact) mass is 1520 g/mol. The summed E-state index contributed by atoms with van der Waals surface area (Å²) in [6, 6.07) is -11.2. The number of aliphatic hydroxyl groups excluding tert-OH is 1. The van der Waals surface area contributed by atoms with Gasteiger partial charge in [-0.15, -0.1) is 0 Å². The number of aromatic nitrogens is 2. The average Bonchev–Trinajstić information content (AvgIpc) is 1.28. The lowest BCUT2D eigenvalue weighted by atomic mass is 9.91. The maximum absolute atomic E-state index is 15.6. The number of hydrogen-bond acceptors (Lipinski definition) is 17. The Labute approximate surface area is 635 Å². The van der Waals surface area contributed by atoms with Crippen LogP contribution in [0.15, 0.2) is 18.2 Å². The first kappa shape index (κ1) is 91.1. The second-order valence-electron chi connectivity index (χ2n) is 32.0. The van der Waals surface area contributed by atoms with Crippen molar-refractivity contribution in [1.82, 2.24) is 75.8 Å². The van der Waals surface area contributed by atoms with E-state index in [0.717, 1.165) is 14.7 Å². The van der Waals surface area contributed by atoms with Crippen LogP contribution in [-0.2, 0) is 73.5 Å². The summed E-state index contributed by atoms with van der Waals surface area (Å²) in [5.41, 5.74) is 11.6. The molecule has 4 rings (SSSR count). The Bertz CT molecular complexity index is 3600. The van der Waals surface area contributed by atoms with Gasteiger partial charge >= 0.3 is 0 Å². The lowest BCUT2D eigenvalue weighted by Gasteiger charge is -2.41. The summed E-state index contributed by atoms with van der Waals surface area (Å²) in [6.45, 7) is 26.7. The number of primary amides is 2. The number of likely N-dealkylation sites (N-methyl/N-ethyl adjacent to an activating group) is 7. The number of likely N-dealkylation sites (tertiary alicyclic amines) is 1. The second-order valence-corrected chi connectivity index (χ2v) is 32.0. The highest BCUT2D eigenvalue weighted by Crippen LogP contribution is 2.28. The third-order valence-corrected chi connectivity index (χ3v) is 20.2. The highest BCUT2D eigenvalue weighted by Gasteiger charge is 2.46. The summed E-state index contributed by atoms with van der Waals surface area (Å²) in [7, 11) is 9.57. The molecule has 0 spiro atoms. The molecule has 2 aliphatic heterocycles. The number of hydrogen-bond donors (Lipinski definition) is 9. The number of carbonyl (C=O) groups excluding carboxylic acids is 15. The van der Waals surface area contributed by atoms with Gasteiger partial charge in [-0.3, -0.25) is 71.9 Å². The van der Waals surface area contributed by atoms with Crippen LogP contribution in [0.25, 0.3) is 11.0 Å². The molecule has 3 heterocycles. The Morgan fingerprint density at radius 1 is 0.546 bits per heavy atom. The van der Waals surface area contributed by atoms with E-state index in [1.54, 1.807) is 40.7 Å². The van der Waals surface area contributed by atoms with Gasteiger partial charge in [-0.2, -0.15) is 0 Å². The molecule has 14 atom stereocenters. The first-order chi connectivity index (χ1) is 50.1. The maximum atomic E-state index is 15.6. The molecule has 33 heteroatoms. The highest BCUT2D eigenvalue weighted by molar-refractivity contribution is 6.02. The molecule has 108 heavy (non-hydrogen) atoms. The average molecular weight is 1520 g/mol. The highest BCUT2D eigenvalue weighted by atomic mass is 16.3. The van der Waals surface area contributed by atoms with Crippen molar-refractivity contribution in [3.8, 4) is 0 Å². The van der Waals surface area contributed by atoms with E-state index in [-0.39, 0.29) is 80.1 Å². The molecule has 15 amide bonds. The van der Waals surface area contributed by atoms with Crippen molar-refractivity contribution < 1.29 is 77.0 Å². The molecule has 2 fully saturated rings. The SMILES string of the molecule is CC(C)CC1C(=O)NC(C(C)C)C(=O)N(C)C(CC(C)C)C(=O)NC(C)C(=O)NC(C)C(=O)N(C)C(CC(C)C)C(=O)N(C)C(CC(C)C)C(=O)N(C)C(C(C)C)C(=O)N(C)C(C(O)C(C)Cc2nc3ccc(C(=O)N4CCCC4C(=O)NC(CC(N)=O)C(N)=O)cc3[nH]2)C(=O)NC(C)C(=O)N(C)CC(=O)N1C. The van der Waals surface area contributed by atoms with Gasteiger partial charge in [0.15, 0.2) is 0 Å². The zero-order valence-corrected chi connectivity index (χ0v) is 67.6. The lowest BCUT2D eigenvalue weighted by Crippen LogP contribution is -2.63. The number of nitrogens with two attached hydrogens (primary N) is 2. The molecule has 11 N–H and O–H groups in total. The van der Waals surface area contributed by atoms with Crippen molar-refractivity contribution in [3.05, 3.63) is 29.6 Å². The Hall–Kier alpha value is -9.30. The van der Waals surface area contributed by atoms with E-state index in [4.69, 9.17) is 16.5 Å². The standard InChI is InChI=1S/C75H123N17O16/c1-37(2)29-52-67(100)84-59(41(9)10)74(107)87(19)53(30-38(3)4)66(99)78-44(14)64(97)79-46(16)70(103)88(20)54(31-39(5)6)72(105)89(21)55(32-40(7)8)73(106)90(22)60(42(11)12)75(108)91(23)61(68(101)80-45(15)69(102)85(17)36-58(94)86(52)18)62(95)43(13)33-57-81-48-27-26-47(34-49(48)82-57)71(104)92-28-24-25-51(92)65(98)83-50(63(77)96)35-56(76)93/h26-27,34,37-46,50-55,59-62,95H,24-25,28-33,35-36H2,1-23H3,(H2,76,93)(H2,77,96)(H,78,99)(H,79,97)(H,80,101)(H,81,82)(H,83,98)(H,84,100). The Kier molecular flexibility index (Phi) is 33.5. The van der Waals surface area contributed by atoms with E-state index in [0.29, 0.717) is 17.5 Å². The summed E-state index contributed by atoms with van der Waals surface area (Å²) in [6.07, 6.45) is -1.36. The third kappa shape index (κ3) is 23.6. The molecular weight excluding hydrogens is 1390 g/mol. The minimum atomic E-state index is -1.84. The van der Waals surface area contributed by atoms with Crippen LogP contribution in [0.5, 0.6) is 0 Å². The predicted octanol–water partition coefficient (Wildman–Crippen LogP) is 0.482. The fourth-order valence-corrected chi connectivity index (χ4v) is 13.9. The van der Waals surface area contributed by atoms with E-state index in [9.17, 15) is 57.8 Å². The summed E-state index contributed by atoms with van der Waals surface area (Å²) < 4.78 is 0. The number of fused-ring (bicyclic) bond motifs is 1. The van der Waals surface area contributed by atoms with Crippen molar-refractivity contribution in [1.29, 1.82) is 0 Å². The molecule has 14 unspecified atom stereocenters.